The van der Waals surface area contributed by atoms with Crippen LogP contribution in [0.25, 0.3) is 0 Å². The average Bonchev–Trinajstić information content (AvgIpc) is 2.38. The largest absolute Gasteiger partial charge is 0.481 e. The zero-order valence-corrected chi connectivity index (χ0v) is 11.3. The van der Waals surface area contributed by atoms with Crippen LogP contribution in [-0.2, 0) is 16.1 Å². The summed E-state index contributed by atoms with van der Waals surface area (Å²) in [4.78, 5) is 17.5. The van der Waals surface area contributed by atoms with Crippen LogP contribution >= 0.6 is 0 Å². The van der Waals surface area contributed by atoms with Crippen LogP contribution in [-0.4, -0.2) is 43.7 Å². The second-order valence-corrected chi connectivity index (χ2v) is 4.29. The maximum atomic E-state index is 11.3. The van der Waals surface area contributed by atoms with Gasteiger partial charge in [0.15, 0.2) is 0 Å². The van der Waals surface area contributed by atoms with Gasteiger partial charge in [-0.05, 0) is 13.1 Å². The lowest BCUT2D eigenvalue weighted by Crippen LogP contribution is -2.29. The highest BCUT2D eigenvalue weighted by molar-refractivity contribution is 5.72. The van der Waals surface area contributed by atoms with E-state index in [1.807, 2.05) is 31.0 Å². The Morgan fingerprint density at radius 1 is 1.50 bits per heavy atom. The Balaban J connectivity index is 2.59. The number of hydrogen-bond acceptors (Lipinski definition) is 5. The highest BCUT2D eigenvalue weighted by atomic mass is 16.5. The Hall–Kier alpha value is -1.62. The molecule has 0 N–H and O–H groups in total. The number of methoxy groups -OCH3 is 2. The maximum absolute atomic E-state index is 11.3. The second-order valence-electron chi connectivity index (χ2n) is 4.29. The fourth-order valence-corrected chi connectivity index (χ4v) is 1.83. The van der Waals surface area contributed by atoms with Crippen LogP contribution < -0.4 is 4.74 Å². The molecule has 0 radical (unpaired) electrons. The van der Waals surface area contributed by atoms with Crippen LogP contribution in [0.3, 0.4) is 0 Å². The quantitative estimate of drug-likeness (QED) is 0.715. The predicted molar refractivity (Wildman–Crippen MR) is 68.3 cm³/mol. The molecule has 0 saturated carbocycles. The summed E-state index contributed by atoms with van der Waals surface area (Å²) in [6.07, 6.45) is 1.69. The SMILES string of the molecule is COC(=O)C(C)CN(C)Cc1cccnc1OC. The van der Waals surface area contributed by atoms with Crippen LogP contribution in [0.1, 0.15) is 12.5 Å². The molecular formula is C13H20N2O3. The van der Waals surface area contributed by atoms with Gasteiger partial charge in [-0.25, -0.2) is 4.98 Å². The number of aromatic nitrogens is 1. The van der Waals surface area contributed by atoms with Gasteiger partial charge < -0.3 is 14.4 Å². The van der Waals surface area contributed by atoms with Gasteiger partial charge in [-0.1, -0.05) is 13.0 Å². The standard InChI is InChI=1S/C13H20N2O3/c1-10(13(16)18-4)8-15(2)9-11-6-5-7-14-12(11)17-3/h5-7,10H,8-9H2,1-4H3. The lowest BCUT2D eigenvalue weighted by molar-refractivity contribution is -0.145. The first kappa shape index (κ1) is 14.4. The first-order chi connectivity index (χ1) is 8.58. The van der Waals surface area contributed by atoms with Crippen molar-refractivity contribution in [2.45, 2.75) is 13.5 Å². The molecule has 1 unspecified atom stereocenters. The van der Waals surface area contributed by atoms with Gasteiger partial charge in [-0.15, -0.1) is 0 Å². The highest BCUT2D eigenvalue weighted by Crippen LogP contribution is 2.16. The number of pyridine rings is 1. The molecule has 0 amide bonds. The van der Waals surface area contributed by atoms with Gasteiger partial charge in [0, 0.05) is 24.8 Å². The first-order valence-electron chi connectivity index (χ1n) is 5.82. The molecule has 0 saturated heterocycles. The lowest BCUT2D eigenvalue weighted by Gasteiger charge is -2.20. The summed E-state index contributed by atoms with van der Waals surface area (Å²) in [5, 5.41) is 0. The molecule has 1 heterocycles. The summed E-state index contributed by atoms with van der Waals surface area (Å²) >= 11 is 0. The number of hydrogen-bond donors (Lipinski definition) is 0. The third-order valence-corrected chi connectivity index (χ3v) is 2.67. The molecule has 0 spiro atoms. The van der Waals surface area contributed by atoms with Crippen molar-refractivity contribution in [3.8, 4) is 5.88 Å². The monoisotopic (exact) mass is 252 g/mol. The van der Waals surface area contributed by atoms with Gasteiger partial charge >= 0.3 is 5.97 Å². The van der Waals surface area contributed by atoms with Crippen LogP contribution in [0.2, 0.25) is 0 Å². The fourth-order valence-electron chi connectivity index (χ4n) is 1.83. The van der Waals surface area contributed by atoms with Gasteiger partial charge in [0.1, 0.15) is 0 Å². The second kappa shape index (κ2) is 6.96. The van der Waals surface area contributed by atoms with E-state index in [4.69, 9.17) is 9.47 Å². The van der Waals surface area contributed by atoms with E-state index < -0.39 is 0 Å². The molecule has 18 heavy (non-hydrogen) atoms. The van der Waals surface area contributed by atoms with Crippen molar-refractivity contribution in [1.82, 2.24) is 9.88 Å². The van der Waals surface area contributed by atoms with Gasteiger partial charge in [0.2, 0.25) is 5.88 Å². The summed E-state index contributed by atoms with van der Waals surface area (Å²) < 4.78 is 9.90. The van der Waals surface area contributed by atoms with Crippen molar-refractivity contribution in [1.29, 1.82) is 0 Å². The van der Waals surface area contributed by atoms with Crippen molar-refractivity contribution in [3.63, 3.8) is 0 Å². The molecule has 5 heteroatoms. The summed E-state index contributed by atoms with van der Waals surface area (Å²) in [6, 6.07) is 3.83. The zero-order valence-electron chi connectivity index (χ0n) is 11.3. The van der Waals surface area contributed by atoms with Crippen molar-refractivity contribution >= 4 is 5.97 Å². The maximum Gasteiger partial charge on any atom is 0.309 e. The van der Waals surface area contributed by atoms with Crippen LogP contribution in [0, 0.1) is 5.92 Å². The molecule has 0 bridgehead atoms. The minimum absolute atomic E-state index is 0.150. The van der Waals surface area contributed by atoms with E-state index >= 15 is 0 Å². The van der Waals surface area contributed by atoms with E-state index in [2.05, 4.69) is 4.98 Å². The topological polar surface area (TPSA) is 51.7 Å². The molecule has 1 aromatic heterocycles. The average molecular weight is 252 g/mol. The Bertz CT molecular complexity index is 396. The van der Waals surface area contributed by atoms with Crippen molar-refractivity contribution in [2.24, 2.45) is 5.92 Å². The Morgan fingerprint density at radius 3 is 2.83 bits per heavy atom. The smallest absolute Gasteiger partial charge is 0.309 e. The highest BCUT2D eigenvalue weighted by Gasteiger charge is 2.16. The Morgan fingerprint density at radius 2 is 2.22 bits per heavy atom. The molecule has 100 valence electrons. The number of nitrogens with zero attached hydrogens (tertiary/aromatic N) is 2. The van der Waals surface area contributed by atoms with Crippen LogP contribution in [0.5, 0.6) is 5.88 Å². The third-order valence-electron chi connectivity index (χ3n) is 2.67. The molecule has 1 atom stereocenters. The van der Waals surface area contributed by atoms with Crippen molar-refractivity contribution in [3.05, 3.63) is 23.9 Å². The minimum Gasteiger partial charge on any atom is -0.481 e. The molecule has 0 aromatic carbocycles. The Kier molecular flexibility index (Phi) is 5.58. The van der Waals surface area contributed by atoms with Crippen molar-refractivity contribution < 1.29 is 14.3 Å². The molecule has 0 fully saturated rings. The molecular weight excluding hydrogens is 232 g/mol. The van der Waals surface area contributed by atoms with Gasteiger partial charge in [0.25, 0.3) is 0 Å². The normalized spacial score (nSPS) is 12.3. The van der Waals surface area contributed by atoms with Crippen LogP contribution in [0.4, 0.5) is 0 Å². The number of rotatable bonds is 6. The summed E-state index contributed by atoms with van der Waals surface area (Å²) in [7, 11) is 4.96. The molecule has 1 aromatic rings. The number of esters is 1. The molecule has 0 aliphatic rings. The van der Waals surface area contributed by atoms with E-state index in [1.165, 1.54) is 7.11 Å². The van der Waals surface area contributed by atoms with E-state index in [0.29, 0.717) is 19.0 Å². The summed E-state index contributed by atoms with van der Waals surface area (Å²) in [6.45, 7) is 3.16. The van der Waals surface area contributed by atoms with E-state index in [9.17, 15) is 4.79 Å². The van der Waals surface area contributed by atoms with Gasteiger partial charge in [-0.2, -0.15) is 0 Å². The lowest BCUT2D eigenvalue weighted by atomic mass is 10.1. The van der Waals surface area contributed by atoms with Crippen molar-refractivity contribution in [2.75, 3.05) is 27.8 Å². The van der Waals surface area contributed by atoms with E-state index in [0.717, 1.165) is 5.56 Å². The summed E-state index contributed by atoms with van der Waals surface area (Å²) in [5.41, 5.74) is 1.000. The number of ether oxygens (including phenoxy) is 2. The number of carbonyl (C=O) groups excluding carboxylic acids is 1. The van der Waals surface area contributed by atoms with Gasteiger partial charge in [0.05, 0.1) is 20.1 Å². The molecule has 5 nitrogen and oxygen atoms in total. The molecule has 1 rings (SSSR count). The summed E-state index contributed by atoms with van der Waals surface area (Å²) in [5.74, 6) is 0.276. The first-order valence-corrected chi connectivity index (χ1v) is 5.82. The zero-order chi connectivity index (χ0) is 13.5. The number of carbonyl (C=O) groups is 1. The fraction of sp³-hybridized carbons (Fsp3) is 0.538. The van der Waals surface area contributed by atoms with E-state index in [-0.39, 0.29) is 11.9 Å². The molecule has 0 aliphatic heterocycles. The minimum atomic E-state index is -0.194. The van der Waals surface area contributed by atoms with Crippen LogP contribution in [0.15, 0.2) is 18.3 Å². The Labute approximate surface area is 108 Å². The molecule has 0 aliphatic carbocycles. The third kappa shape index (κ3) is 4.00. The van der Waals surface area contributed by atoms with Gasteiger partial charge in [-0.3, -0.25) is 4.79 Å². The van der Waals surface area contributed by atoms with E-state index in [1.54, 1.807) is 13.3 Å². The predicted octanol–water partition coefficient (Wildman–Crippen LogP) is 1.33.